The topological polar surface area (TPSA) is 76.1 Å². The van der Waals surface area contributed by atoms with E-state index < -0.39 is 0 Å². The molecule has 3 aromatic rings. The van der Waals surface area contributed by atoms with E-state index in [1.807, 2.05) is 24.3 Å². The standard InChI is InChI=1S/C22H23FN4O2/c1-29-20-9-5-3-7-17(20)11-13-25-22-26-14-18(15-27-22)21(28)24-12-10-16-6-2-4-8-19(16)23/h2-9,14-15H,10-13H2,1H3,(H,24,28)(H,25,26,27). The van der Waals surface area contributed by atoms with Crippen LogP contribution in [0.25, 0.3) is 0 Å². The molecule has 3 rings (SSSR count). The minimum atomic E-state index is -0.290. The second-order valence-electron chi connectivity index (χ2n) is 6.38. The number of nitrogens with zero attached hydrogens (tertiary/aromatic N) is 2. The Hall–Kier alpha value is -3.48. The highest BCUT2D eigenvalue weighted by Gasteiger charge is 2.08. The number of aromatic nitrogens is 2. The molecule has 1 amide bonds. The number of ether oxygens (including phenoxy) is 1. The monoisotopic (exact) mass is 394 g/mol. The summed E-state index contributed by atoms with van der Waals surface area (Å²) < 4.78 is 18.9. The summed E-state index contributed by atoms with van der Waals surface area (Å²) in [7, 11) is 1.65. The van der Waals surface area contributed by atoms with E-state index in [1.165, 1.54) is 18.5 Å². The Morgan fingerprint density at radius 2 is 1.62 bits per heavy atom. The van der Waals surface area contributed by atoms with E-state index in [0.29, 0.717) is 36.6 Å². The van der Waals surface area contributed by atoms with Crippen LogP contribution in [-0.2, 0) is 12.8 Å². The molecular weight excluding hydrogens is 371 g/mol. The number of methoxy groups -OCH3 is 1. The predicted molar refractivity (Wildman–Crippen MR) is 110 cm³/mol. The van der Waals surface area contributed by atoms with Crippen molar-refractivity contribution in [3.05, 3.63) is 83.4 Å². The maximum absolute atomic E-state index is 13.6. The number of carbonyl (C=O) groups excluding carboxylic acids is 1. The Balaban J connectivity index is 1.45. The van der Waals surface area contributed by atoms with Crippen molar-refractivity contribution >= 4 is 11.9 Å². The van der Waals surface area contributed by atoms with Crippen molar-refractivity contribution in [1.82, 2.24) is 15.3 Å². The minimum absolute atomic E-state index is 0.270. The number of amides is 1. The molecule has 0 aliphatic carbocycles. The molecule has 2 N–H and O–H groups in total. The lowest BCUT2D eigenvalue weighted by Crippen LogP contribution is -2.26. The summed E-state index contributed by atoms with van der Waals surface area (Å²) in [5, 5.41) is 5.88. The Labute approximate surface area is 169 Å². The molecule has 1 heterocycles. The second-order valence-corrected chi connectivity index (χ2v) is 6.38. The van der Waals surface area contributed by atoms with Crippen LogP contribution in [0.15, 0.2) is 60.9 Å². The van der Waals surface area contributed by atoms with Crippen LogP contribution in [0.3, 0.4) is 0 Å². The number of rotatable bonds is 9. The summed E-state index contributed by atoms with van der Waals surface area (Å²) in [6.07, 6.45) is 4.11. The predicted octanol–water partition coefficient (Wildman–Crippen LogP) is 3.25. The Morgan fingerprint density at radius 1 is 0.966 bits per heavy atom. The number of nitrogens with one attached hydrogen (secondary N) is 2. The van der Waals surface area contributed by atoms with Crippen molar-refractivity contribution < 1.29 is 13.9 Å². The van der Waals surface area contributed by atoms with Gasteiger partial charge in [0.2, 0.25) is 5.95 Å². The fourth-order valence-electron chi connectivity index (χ4n) is 2.87. The lowest BCUT2D eigenvalue weighted by atomic mass is 10.1. The molecule has 150 valence electrons. The lowest BCUT2D eigenvalue weighted by Gasteiger charge is -2.09. The van der Waals surface area contributed by atoms with Gasteiger partial charge in [0.25, 0.3) is 5.91 Å². The number of para-hydroxylation sites is 1. The van der Waals surface area contributed by atoms with Gasteiger partial charge < -0.3 is 15.4 Å². The summed E-state index contributed by atoms with van der Waals surface area (Å²) in [6, 6.07) is 14.4. The number of anilines is 1. The smallest absolute Gasteiger partial charge is 0.254 e. The maximum Gasteiger partial charge on any atom is 0.254 e. The third-order valence-electron chi connectivity index (χ3n) is 4.42. The summed E-state index contributed by atoms with van der Waals surface area (Å²) in [5.41, 5.74) is 2.01. The molecule has 0 spiro atoms. The summed E-state index contributed by atoms with van der Waals surface area (Å²) in [6.45, 7) is 0.966. The zero-order chi connectivity index (χ0) is 20.5. The van der Waals surface area contributed by atoms with E-state index in [1.54, 1.807) is 25.3 Å². The van der Waals surface area contributed by atoms with Crippen molar-refractivity contribution in [2.45, 2.75) is 12.8 Å². The fraction of sp³-hybridized carbons (Fsp3) is 0.227. The summed E-state index contributed by atoms with van der Waals surface area (Å²) in [4.78, 5) is 20.5. The molecule has 6 nitrogen and oxygen atoms in total. The van der Waals surface area contributed by atoms with Crippen LogP contribution in [-0.4, -0.2) is 36.1 Å². The molecule has 0 radical (unpaired) electrons. The molecule has 7 heteroatoms. The van der Waals surface area contributed by atoms with Crippen LogP contribution in [0.5, 0.6) is 5.75 Å². The maximum atomic E-state index is 13.6. The van der Waals surface area contributed by atoms with Gasteiger partial charge in [-0.1, -0.05) is 36.4 Å². The molecule has 2 aromatic carbocycles. The lowest BCUT2D eigenvalue weighted by molar-refractivity contribution is 0.0953. The number of hydrogen-bond acceptors (Lipinski definition) is 5. The first-order valence-electron chi connectivity index (χ1n) is 9.37. The molecular formula is C22H23FN4O2. The fourth-order valence-corrected chi connectivity index (χ4v) is 2.87. The number of halogens is 1. The van der Waals surface area contributed by atoms with E-state index in [4.69, 9.17) is 4.74 Å². The number of benzene rings is 2. The van der Waals surface area contributed by atoms with Crippen molar-refractivity contribution in [3.63, 3.8) is 0 Å². The van der Waals surface area contributed by atoms with Gasteiger partial charge in [0, 0.05) is 25.5 Å². The molecule has 0 unspecified atom stereocenters. The zero-order valence-electron chi connectivity index (χ0n) is 16.2. The first-order valence-corrected chi connectivity index (χ1v) is 9.37. The molecule has 0 saturated heterocycles. The molecule has 0 aliphatic rings. The van der Waals surface area contributed by atoms with E-state index >= 15 is 0 Å². The normalized spacial score (nSPS) is 10.4. The van der Waals surface area contributed by atoms with E-state index in [0.717, 1.165) is 17.7 Å². The first-order chi connectivity index (χ1) is 14.2. The van der Waals surface area contributed by atoms with Gasteiger partial charge in [-0.05, 0) is 36.1 Å². The van der Waals surface area contributed by atoms with Crippen molar-refractivity contribution in [2.24, 2.45) is 0 Å². The first kappa shape index (κ1) is 20.3. The van der Waals surface area contributed by atoms with Crippen molar-refractivity contribution in [1.29, 1.82) is 0 Å². The van der Waals surface area contributed by atoms with Crippen molar-refractivity contribution in [3.8, 4) is 5.75 Å². The summed E-state index contributed by atoms with van der Waals surface area (Å²) in [5.74, 6) is 0.732. The van der Waals surface area contributed by atoms with E-state index in [-0.39, 0.29) is 11.7 Å². The number of carbonyl (C=O) groups is 1. The molecule has 29 heavy (non-hydrogen) atoms. The van der Waals surface area contributed by atoms with Gasteiger partial charge in [-0.2, -0.15) is 0 Å². The highest BCUT2D eigenvalue weighted by molar-refractivity contribution is 5.93. The molecule has 0 saturated carbocycles. The third-order valence-corrected chi connectivity index (χ3v) is 4.42. The molecule has 1 aromatic heterocycles. The van der Waals surface area contributed by atoms with Crippen LogP contribution >= 0.6 is 0 Å². The zero-order valence-corrected chi connectivity index (χ0v) is 16.2. The van der Waals surface area contributed by atoms with Crippen molar-refractivity contribution in [2.75, 3.05) is 25.5 Å². The minimum Gasteiger partial charge on any atom is -0.496 e. The van der Waals surface area contributed by atoms with Gasteiger partial charge in [0.05, 0.1) is 12.7 Å². The molecule has 0 bridgehead atoms. The molecule has 0 atom stereocenters. The Kier molecular flexibility index (Phi) is 7.10. The number of hydrogen-bond donors (Lipinski definition) is 2. The Morgan fingerprint density at radius 3 is 2.34 bits per heavy atom. The van der Waals surface area contributed by atoms with Crippen LogP contribution in [0.1, 0.15) is 21.5 Å². The van der Waals surface area contributed by atoms with Gasteiger partial charge in [0.1, 0.15) is 11.6 Å². The van der Waals surface area contributed by atoms with Gasteiger partial charge in [-0.3, -0.25) is 4.79 Å². The van der Waals surface area contributed by atoms with Gasteiger partial charge in [-0.15, -0.1) is 0 Å². The average molecular weight is 394 g/mol. The van der Waals surface area contributed by atoms with E-state index in [2.05, 4.69) is 20.6 Å². The largest absolute Gasteiger partial charge is 0.496 e. The van der Waals surface area contributed by atoms with Crippen LogP contribution in [0.2, 0.25) is 0 Å². The highest BCUT2D eigenvalue weighted by atomic mass is 19.1. The van der Waals surface area contributed by atoms with Gasteiger partial charge in [-0.25, -0.2) is 14.4 Å². The van der Waals surface area contributed by atoms with Crippen LogP contribution in [0.4, 0.5) is 10.3 Å². The SMILES string of the molecule is COc1ccccc1CCNc1ncc(C(=O)NCCc2ccccc2F)cn1. The van der Waals surface area contributed by atoms with Crippen LogP contribution < -0.4 is 15.4 Å². The molecule has 0 fully saturated rings. The molecule has 0 aliphatic heterocycles. The highest BCUT2D eigenvalue weighted by Crippen LogP contribution is 2.17. The third kappa shape index (κ3) is 5.75. The van der Waals surface area contributed by atoms with Crippen LogP contribution in [0, 0.1) is 5.82 Å². The Bertz CT molecular complexity index is 948. The van der Waals surface area contributed by atoms with Gasteiger partial charge >= 0.3 is 0 Å². The average Bonchev–Trinajstić information content (AvgIpc) is 2.76. The van der Waals surface area contributed by atoms with Gasteiger partial charge in [0.15, 0.2) is 0 Å². The van der Waals surface area contributed by atoms with E-state index in [9.17, 15) is 9.18 Å². The second kappa shape index (κ2) is 10.2. The quantitative estimate of drug-likeness (QED) is 0.583. The summed E-state index contributed by atoms with van der Waals surface area (Å²) >= 11 is 0.